The third kappa shape index (κ3) is 8.25. The molecular weight excluding hydrogens is 983 g/mol. The molecule has 0 unspecified atom stereocenters. The molecule has 0 amide bonds. The third-order valence-corrected chi connectivity index (χ3v) is 10.4. The van der Waals surface area contributed by atoms with E-state index >= 15 is 35.1 Å². The number of nitro benzene ring substituents is 1. The van der Waals surface area contributed by atoms with Gasteiger partial charge in [-0.3, -0.25) is 14.9 Å². The molecule has 0 saturated carbocycles. The Kier molecular flexibility index (Phi) is 14.0. The Hall–Kier alpha value is -7.80. The minimum absolute atomic E-state index is 0.0153. The molecule has 0 bridgehead atoms. The molecular formula is C43H15BF20N2O3. The summed E-state index contributed by atoms with van der Waals surface area (Å²) >= 11 is 0. The van der Waals surface area contributed by atoms with Crippen LogP contribution in [-0.2, 0) is 6.54 Å². The van der Waals surface area contributed by atoms with Gasteiger partial charge in [0, 0.05) is 29.8 Å². The number of ketones is 1. The van der Waals surface area contributed by atoms with Crippen LogP contribution in [0.15, 0.2) is 79.0 Å². The van der Waals surface area contributed by atoms with Crippen LogP contribution < -0.4 is 26.4 Å². The summed E-state index contributed by atoms with van der Waals surface area (Å²) in [5, 5.41) is 11.0. The summed E-state index contributed by atoms with van der Waals surface area (Å²) < 4.78 is 296. The van der Waals surface area contributed by atoms with E-state index < -0.39 is 149 Å². The predicted octanol–water partition coefficient (Wildman–Crippen LogP) is 9.28. The second-order valence-corrected chi connectivity index (χ2v) is 14.1. The van der Waals surface area contributed by atoms with Crippen LogP contribution >= 0.6 is 0 Å². The average Bonchev–Trinajstić information content (AvgIpc) is 3.34. The van der Waals surface area contributed by atoms with Gasteiger partial charge in [-0.25, -0.2) is 87.8 Å². The molecule has 7 aromatic rings. The molecule has 0 saturated heterocycles. The Labute approximate surface area is 370 Å². The summed E-state index contributed by atoms with van der Waals surface area (Å²) in [6.07, 6.45) is -5.42. The van der Waals surface area contributed by atoms with E-state index in [2.05, 4.69) is 0 Å². The first-order chi connectivity index (χ1) is 32.3. The van der Waals surface area contributed by atoms with Crippen LogP contribution in [0.1, 0.15) is 10.4 Å². The van der Waals surface area contributed by atoms with Gasteiger partial charge < -0.3 is 0 Å². The largest absolute Gasteiger partial charge is 0.287 e. The van der Waals surface area contributed by atoms with Crippen molar-refractivity contribution in [1.29, 1.82) is 0 Å². The average molecular weight is 998 g/mol. The van der Waals surface area contributed by atoms with Gasteiger partial charge in [-0.15, -0.1) is 21.9 Å². The lowest BCUT2D eigenvalue weighted by atomic mass is 9.12. The number of benzene rings is 6. The molecule has 0 radical (unpaired) electrons. The Bertz CT molecular complexity index is 2890. The van der Waals surface area contributed by atoms with Crippen molar-refractivity contribution in [1.82, 2.24) is 0 Å². The zero-order valence-electron chi connectivity index (χ0n) is 33.0. The van der Waals surface area contributed by atoms with E-state index in [1.54, 1.807) is 35.0 Å². The molecule has 7 rings (SSSR count). The number of hydrogen-bond acceptors (Lipinski definition) is 3. The van der Waals surface area contributed by atoms with E-state index in [4.69, 9.17) is 0 Å². The molecule has 5 nitrogen and oxygen atoms in total. The zero-order chi connectivity index (χ0) is 51.3. The number of pyridine rings is 1. The van der Waals surface area contributed by atoms with Crippen LogP contribution in [0.25, 0.3) is 11.3 Å². The van der Waals surface area contributed by atoms with Gasteiger partial charge in [0.25, 0.3) is 5.69 Å². The summed E-state index contributed by atoms with van der Waals surface area (Å²) in [7, 11) is 0. The predicted molar refractivity (Wildman–Crippen MR) is 199 cm³/mol. The van der Waals surface area contributed by atoms with Crippen LogP contribution in [0.3, 0.4) is 0 Å². The number of non-ortho nitro benzene ring substituents is 1. The maximum absolute atomic E-state index is 15.4. The highest BCUT2D eigenvalue weighted by Crippen LogP contribution is 2.31. The number of nitro groups is 1. The van der Waals surface area contributed by atoms with Gasteiger partial charge in [0.05, 0.1) is 10.5 Å². The van der Waals surface area contributed by atoms with Crippen molar-refractivity contribution < 1.29 is 102 Å². The molecule has 0 N–H and O–H groups in total. The highest BCUT2D eigenvalue weighted by Gasteiger charge is 2.52. The number of aromatic nitrogens is 1. The molecule has 358 valence electrons. The van der Waals surface area contributed by atoms with Crippen LogP contribution in [0.5, 0.6) is 0 Å². The van der Waals surface area contributed by atoms with Gasteiger partial charge in [-0.05, 0) is 12.1 Å². The second kappa shape index (κ2) is 19.1. The number of carbonyl (C=O) groups excluding carboxylic acids is 1. The van der Waals surface area contributed by atoms with Crippen molar-refractivity contribution in [2.75, 3.05) is 0 Å². The molecule has 1 heterocycles. The maximum atomic E-state index is 15.4. The molecule has 0 fully saturated rings. The SMILES string of the molecule is Fc1c(F)c(F)c([B-](c2c(F)c(F)c(F)c(F)c2F)(c2c(F)c(F)c(F)c(F)c2F)c2c(F)c(F)c(F)c(F)c2F)c(F)c1F.O=C(C[n+]1ccccc1-c1cccc([N+](=O)[O-])c1)c1ccccc1. The number of Topliss-reactive ketones (excluding diaryl/α,β-unsaturated/α-hetero) is 1. The second-order valence-electron chi connectivity index (χ2n) is 14.1. The lowest BCUT2D eigenvalue weighted by Crippen LogP contribution is -2.81. The Morgan fingerprint density at radius 2 is 0.739 bits per heavy atom. The molecule has 0 atom stereocenters. The van der Waals surface area contributed by atoms with Crippen LogP contribution in [-0.4, -0.2) is 16.9 Å². The Morgan fingerprint density at radius 1 is 0.420 bits per heavy atom. The molecule has 0 aliphatic carbocycles. The summed E-state index contributed by atoms with van der Waals surface area (Å²) in [5.41, 5.74) is -12.2. The zero-order valence-corrected chi connectivity index (χ0v) is 33.0. The lowest BCUT2D eigenvalue weighted by Gasteiger charge is -2.44. The first kappa shape index (κ1) is 50.6. The number of nitrogens with zero attached hydrogens (tertiary/aromatic N) is 2. The van der Waals surface area contributed by atoms with E-state index in [1.165, 1.54) is 12.1 Å². The fourth-order valence-corrected chi connectivity index (χ4v) is 7.40. The molecule has 0 aliphatic rings. The summed E-state index contributed by atoms with van der Waals surface area (Å²) in [6, 6.07) is 21.0. The van der Waals surface area contributed by atoms with E-state index in [-0.39, 0.29) is 18.0 Å². The van der Waals surface area contributed by atoms with Crippen molar-refractivity contribution in [2.45, 2.75) is 6.54 Å². The van der Waals surface area contributed by atoms with E-state index in [9.17, 15) is 67.6 Å². The molecule has 26 heteroatoms. The number of rotatable bonds is 9. The highest BCUT2D eigenvalue weighted by atomic mass is 19.2. The van der Waals surface area contributed by atoms with E-state index in [0.29, 0.717) is 11.1 Å². The van der Waals surface area contributed by atoms with Gasteiger partial charge in [0.15, 0.2) is 76.0 Å². The van der Waals surface area contributed by atoms with Crippen molar-refractivity contribution in [3.05, 3.63) is 211 Å². The van der Waals surface area contributed by atoms with Crippen LogP contribution in [0.2, 0.25) is 0 Å². The monoisotopic (exact) mass is 998 g/mol. The van der Waals surface area contributed by atoms with Gasteiger partial charge in [0.2, 0.25) is 18.0 Å². The fourth-order valence-electron chi connectivity index (χ4n) is 7.40. The Morgan fingerprint density at radius 3 is 1.07 bits per heavy atom. The number of carbonyl (C=O) groups is 1. The number of halogens is 20. The van der Waals surface area contributed by atoms with Crippen LogP contribution in [0, 0.1) is 126 Å². The standard InChI is InChI=1S/C24BF20.C19H15N2O3/c26-5-1(6(27)14(35)21(42)13(5)34)25(2-7(28)15(36)22(43)16(37)8(2)29,3-9(30)17(38)23(44)18(39)10(3)31)4-11(32)19(40)24(45)20(41)12(4)33;22-19(15-7-2-1-3-8-15)14-20-12-5-4-11-18(20)16-9-6-10-17(13-16)21(23)24/h;1-13H,14H2/q-1;+1. The first-order valence-electron chi connectivity index (χ1n) is 18.4. The van der Waals surface area contributed by atoms with Gasteiger partial charge in [-0.2, -0.15) is 4.57 Å². The highest BCUT2D eigenvalue weighted by molar-refractivity contribution is 7.20. The van der Waals surface area contributed by atoms with Crippen molar-refractivity contribution >= 4 is 39.5 Å². The van der Waals surface area contributed by atoms with Crippen molar-refractivity contribution in [3.8, 4) is 11.3 Å². The fraction of sp³-hybridized carbons (Fsp3) is 0.0233. The first-order valence-corrected chi connectivity index (χ1v) is 18.4. The van der Waals surface area contributed by atoms with E-state index in [1.807, 2.05) is 36.4 Å². The quantitative estimate of drug-likeness (QED) is 0.0212. The van der Waals surface area contributed by atoms with Crippen molar-refractivity contribution in [2.24, 2.45) is 0 Å². The number of hydrogen-bond donors (Lipinski definition) is 0. The summed E-state index contributed by atoms with van der Waals surface area (Å²) in [6.45, 7) is 0.170. The van der Waals surface area contributed by atoms with Gasteiger partial charge in [-0.1, -0.05) is 36.4 Å². The molecule has 69 heavy (non-hydrogen) atoms. The summed E-state index contributed by atoms with van der Waals surface area (Å²) in [5.74, 6) is -71.4. The molecule has 0 spiro atoms. The summed E-state index contributed by atoms with van der Waals surface area (Å²) in [4.78, 5) is 23.0. The minimum Gasteiger partial charge on any atom is -0.287 e. The molecule has 6 aromatic carbocycles. The maximum Gasteiger partial charge on any atom is 0.270 e. The third-order valence-electron chi connectivity index (χ3n) is 10.4. The van der Waals surface area contributed by atoms with Crippen LogP contribution in [0.4, 0.5) is 93.5 Å². The normalized spacial score (nSPS) is 11.4. The Balaban J connectivity index is 0.000000273. The smallest absolute Gasteiger partial charge is 0.270 e. The minimum atomic E-state index is -7.22. The topological polar surface area (TPSA) is 64.1 Å². The molecule has 1 aromatic heterocycles. The van der Waals surface area contributed by atoms with E-state index in [0.717, 1.165) is 5.69 Å². The lowest BCUT2D eigenvalue weighted by molar-refractivity contribution is -0.672. The van der Waals surface area contributed by atoms with Crippen molar-refractivity contribution in [3.63, 3.8) is 0 Å². The van der Waals surface area contributed by atoms with Gasteiger partial charge >= 0.3 is 0 Å². The molecule has 0 aliphatic heterocycles. The van der Waals surface area contributed by atoms with Gasteiger partial charge in [0.1, 0.15) is 52.7 Å².